The molecule has 25 heavy (non-hydrogen) atoms. The van der Waals surface area contributed by atoms with E-state index in [1.807, 2.05) is 53.3 Å². The lowest BCUT2D eigenvalue weighted by Crippen LogP contribution is -2.05. The van der Waals surface area contributed by atoms with Crippen molar-refractivity contribution in [2.75, 3.05) is 25.6 Å². The van der Waals surface area contributed by atoms with Crippen LogP contribution in [0, 0.1) is 0 Å². The third kappa shape index (κ3) is 5.36. The third-order valence-electron chi connectivity index (χ3n) is 3.76. The van der Waals surface area contributed by atoms with Crippen molar-refractivity contribution in [2.45, 2.75) is 13.1 Å². The second kappa shape index (κ2) is 8.89. The van der Waals surface area contributed by atoms with Crippen LogP contribution in [-0.4, -0.2) is 30.1 Å². The van der Waals surface area contributed by atoms with E-state index < -0.39 is 0 Å². The fourth-order valence-electron chi connectivity index (χ4n) is 2.50. The quantitative estimate of drug-likeness (QED) is 0.607. The fourth-order valence-corrected chi connectivity index (χ4v) is 2.50. The van der Waals surface area contributed by atoms with E-state index in [-0.39, 0.29) is 0 Å². The van der Waals surface area contributed by atoms with Crippen molar-refractivity contribution in [3.05, 3.63) is 78.1 Å². The first-order chi connectivity index (χ1) is 12.3. The molecular weight excluding hydrogens is 314 g/mol. The number of hydrogen-bond acceptors (Lipinski definition) is 4. The molecule has 0 amide bonds. The summed E-state index contributed by atoms with van der Waals surface area (Å²) in [4.78, 5) is 0. The van der Waals surface area contributed by atoms with Gasteiger partial charge < -0.3 is 14.8 Å². The largest absolute Gasteiger partial charge is 0.491 e. The van der Waals surface area contributed by atoms with Gasteiger partial charge in [0.05, 0.1) is 19.3 Å². The molecule has 130 valence electrons. The zero-order chi connectivity index (χ0) is 17.3. The highest BCUT2D eigenvalue weighted by Crippen LogP contribution is 2.18. The lowest BCUT2D eigenvalue weighted by molar-refractivity contribution is 0.146. The van der Waals surface area contributed by atoms with Crippen molar-refractivity contribution in [3.8, 4) is 5.75 Å². The molecule has 0 atom stereocenters. The van der Waals surface area contributed by atoms with Gasteiger partial charge in [-0.05, 0) is 17.7 Å². The molecule has 3 aromatic rings. The summed E-state index contributed by atoms with van der Waals surface area (Å²) in [6.45, 7) is 2.63. The minimum Gasteiger partial charge on any atom is -0.491 e. The average molecular weight is 337 g/mol. The maximum atomic E-state index is 5.63. The van der Waals surface area contributed by atoms with Crippen molar-refractivity contribution in [1.29, 1.82) is 0 Å². The molecule has 3 rings (SSSR count). The Balaban J connectivity index is 1.53. The molecule has 1 aromatic heterocycles. The average Bonchev–Trinajstić information content (AvgIpc) is 3.09. The van der Waals surface area contributed by atoms with Gasteiger partial charge in [0.1, 0.15) is 12.4 Å². The minimum absolute atomic E-state index is 0.548. The molecule has 0 unspecified atom stereocenters. The molecule has 0 bridgehead atoms. The Morgan fingerprint density at radius 2 is 1.88 bits per heavy atom. The second-order valence-electron chi connectivity index (χ2n) is 5.75. The minimum atomic E-state index is 0.548. The van der Waals surface area contributed by atoms with Gasteiger partial charge in [-0.15, -0.1) is 0 Å². The van der Waals surface area contributed by atoms with Crippen molar-refractivity contribution in [1.82, 2.24) is 9.78 Å². The molecule has 5 nitrogen and oxygen atoms in total. The summed E-state index contributed by atoms with van der Waals surface area (Å²) in [6, 6.07) is 18.3. The van der Waals surface area contributed by atoms with Gasteiger partial charge in [0.15, 0.2) is 0 Å². The first-order valence-corrected chi connectivity index (χ1v) is 8.34. The van der Waals surface area contributed by atoms with Gasteiger partial charge in [-0.2, -0.15) is 5.10 Å². The number of benzene rings is 2. The van der Waals surface area contributed by atoms with E-state index in [9.17, 15) is 0 Å². The lowest BCUT2D eigenvalue weighted by Gasteiger charge is -2.09. The van der Waals surface area contributed by atoms with E-state index in [2.05, 4.69) is 28.7 Å². The van der Waals surface area contributed by atoms with Crippen LogP contribution in [-0.2, 0) is 17.8 Å². The zero-order valence-electron chi connectivity index (χ0n) is 14.4. The van der Waals surface area contributed by atoms with Gasteiger partial charge in [0, 0.05) is 37.2 Å². The van der Waals surface area contributed by atoms with Crippen LogP contribution in [0.4, 0.5) is 5.69 Å². The SMILES string of the molecule is COCCOc1cccc(NCc2cnn(Cc3ccccc3)c2)c1. The third-order valence-corrected chi connectivity index (χ3v) is 3.76. The van der Waals surface area contributed by atoms with Crippen molar-refractivity contribution >= 4 is 5.69 Å². The fraction of sp³-hybridized carbons (Fsp3) is 0.250. The Morgan fingerprint density at radius 3 is 2.72 bits per heavy atom. The molecule has 0 saturated heterocycles. The Labute approximate surface area is 148 Å². The van der Waals surface area contributed by atoms with Crippen LogP contribution in [0.2, 0.25) is 0 Å². The summed E-state index contributed by atoms with van der Waals surface area (Å²) in [7, 11) is 1.67. The van der Waals surface area contributed by atoms with Gasteiger partial charge in [-0.3, -0.25) is 4.68 Å². The number of aromatic nitrogens is 2. The Morgan fingerprint density at radius 1 is 1.00 bits per heavy atom. The number of ether oxygens (including phenoxy) is 2. The van der Waals surface area contributed by atoms with Gasteiger partial charge in [0.2, 0.25) is 0 Å². The highest BCUT2D eigenvalue weighted by molar-refractivity contribution is 5.48. The van der Waals surface area contributed by atoms with Crippen molar-refractivity contribution < 1.29 is 9.47 Å². The zero-order valence-corrected chi connectivity index (χ0v) is 14.4. The smallest absolute Gasteiger partial charge is 0.121 e. The standard InChI is InChI=1S/C20H23N3O2/c1-24-10-11-25-20-9-5-8-19(12-20)21-13-18-14-22-23(16-18)15-17-6-3-2-4-7-17/h2-9,12,14,16,21H,10-11,13,15H2,1H3. The first-order valence-electron chi connectivity index (χ1n) is 8.34. The van der Waals surface area contributed by atoms with Crippen LogP contribution in [0.3, 0.4) is 0 Å². The van der Waals surface area contributed by atoms with E-state index >= 15 is 0 Å². The number of nitrogens with one attached hydrogen (secondary N) is 1. The summed E-state index contributed by atoms with van der Waals surface area (Å²) >= 11 is 0. The molecule has 0 radical (unpaired) electrons. The Kier molecular flexibility index (Phi) is 6.06. The molecule has 5 heteroatoms. The van der Waals surface area contributed by atoms with Crippen LogP contribution in [0.5, 0.6) is 5.75 Å². The molecular formula is C20H23N3O2. The maximum Gasteiger partial charge on any atom is 0.121 e. The van der Waals surface area contributed by atoms with Crippen molar-refractivity contribution in [2.24, 2.45) is 0 Å². The summed E-state index contributed by atoms with van der Waals surface area (Å²) in [5, 5.41) is 7.83. The summed E-state index contributed by atoms with van der Waals surface area (Å²) in [6.07, 6.45) is 3.97. The Bertz CT molecular complexity index is 771. The summed E-state index contributed by atoms with van der Waals surface area (Å²) in [5.41, 5.74) is 3.40. The number of anilines is 1. The number of methoxy groups -OCH3 is 1. The van der Waals surface area contributed by atoms with Gasteiger partial charge >= 0.3 is 0 Å². The maximum absolute atomic E-state index is 5.63. The number of nitrogens with zero attached hydrogens (tertiary/aromatic N) is 2. The second-order valence-corrected chi connectivity index (χ2v) is 5.75. The molecule has 0 aliphatic carbocycles. The van der Waals surface area contributed by atoms with Crippen LogP contribution >= 0.6 is 0 Å². The van der Waals surface area contributed by atoms with Crippen LogP contribution in [0.1, 0.15) is 11.1 Å². The van der Waals surface area contributed by atoms with E-state index in [0.29, 0.717) is 13.2 Å². The molecule has 1 heterocycles. The highest BCUT2D eigenvalue weighted by Gasteiger charge is 2.01. The molecule has 0 aliphatic heterocycles. The van der Waals surface area contributed by atoms with E-state index in [0.717, 1.165) is 30.1 Å². The van der Waals surface area contributed by atoms with Crippen LogP contribution in [0.15, 0.2) is 67.0 Å². The van der Waals surface area contributed by atoms with Gasteiger partial charge in [-0.1, -0.05) is 36.4 Å². The van der Waals surface area contributed by atoms with Gasteiger partial charge in [-0.25, -0.2) is 0 Å². The lowest BCUT2D eigenvalue weighted by atomic mass is 10.2. The van der Waals surface area contributed by atoms with E-state index in [1.165, 1.54) is 5.56 Å². The summed E-state index contributed by atoms with van der Waals surface area (Å²) in [5.74, 6) is 0.835. The predicted molar refractivity (Wildman–Crippen MR) is 98.9 cm³/mol. The molecule has 0 fully saturated rings. The molecule has 0 saturated carbocycles. The molecule has 0 aliphatic rings. The number of hydrogen-bond donors (Lipinski definition) is 1. The van der Waals surface area contributed by atoms with Crippen LogP contribution in [0.25, 0.3) is 0 Å². The Hall–Kier alpha value is -2.79. The van der Waals surface area contributed by atoms with E-state index in [4.69, 9.17) is 9.47 Å². The monoisotopic (exact) mass is 337 g/mol. The molecule has 0 spiro atoms. The van der Waals surface area contributed by atoms with Gasteiger partial charge in [0.25, 0.3) is 0 Å². The predicted octanol–water partition coefficient (Wildman–Crippen LogP) is 3.57. The van der Waals surface area contributed by atoms with E-state index in [1.54, 1.807) is 7.11 Å². The van der Waals surface area contributed by atoms with Crippen molar-refractivity contribution in [3.63, 3.8) is 0 Å². The number of rotatable bonds is 9. The topological polar surface area (TPSA) is 48.3 Å². The molecule has 1 N–H and O–H groups in total. The molecule has 2 aromatic carbocycles. The highest BCUT2D eigenvalue weighted by atomic mass is 16.5. The summed E-state index contributed by atoms with van der Waals surface area (Å²) < 4.78 is 12.6. The van der Waals surface area contributed by atoms with Crippen LogP contribution < -0.4 is 10.1 Å². The normalized spacial score (nSPS) is 10.6. The first kappa shape index (κ1) is 17.0.